The second kappa shape index (κ2) is 9.14. The van der Waals surface area contributed by atoms with Crippen LogP contribution in [-0.2, 0) is 9.53 Å². The molecule has 1 aromatic carbocycles. The lowest BCUT2D eigenvalue weighted by Gasteiger charge is -2.02. The van der Waals surface area contributed by atoms with Gasteiger partial charge in [0.25, 0.3) is 0 Å². The van der Waals surface area contributed by atoms with Gasteiger partial charge in [-0.25, -0.2) is 9.37 Å². The fourth-order valence-corrected chi connectivity index (χ4v) is 3.14. The number of H-pyrrole nitrogens is 1. The van der Waals surface area contributed by atoms with E-state index in [-0.39, 0.29) is 18.2 Å². The van der Waals surface area contributed by atoms with Gasteiger partial charge < -0.3 is 9.72 Å². The van der Waals surface area contributed by atoms with Gasteiger partial charge in [0, 0.05) is 29.3 Å². The molecule has 0 aliphatic carbocycles. The molecule has 0 spiro atoms. The Balaban J connectivity index is 1.82. The summed E-state index contributed by atoms with van der Waals surface area (Å²) in [5.41, 5.74) is 3.38. The molecule has 0 atom stereocenters. The summed E-state index contributed by atoms with van der Waals surface area (Å²) in [6, 6.07) is 10.0. The molecule has 27 heavy (non-hydrogen) atoms. The normalized spacial score (nSPS) is 11.0. The van der Waals surface area contributed by atoms with Gasteiger partial charge in [-0.05, 0) is 36.4 Å². The number of imidazole rings is 1. The SMILES string of the molecule is COC(=O)C/C=C/CSc1nc(-c2ccc(F)cc2)c(-c2ccncc2)[nH]1. The molecule has 0 radical (unpaired) electrons. The van der Waals surface area contributed by atoms with E-state index in [0.29, 0.717) is 5.75 Å². The van der Waals surface area contributed by atoms with Gasteiger partial charge in [-0.1, -0.05) is 23.9 Å². The zero-order valence-electron chi connectivity index (χ0n) is 14.7. The second-order valence-electron chi connectivity index (χ2n) is 5.57. The summed E-state index contributed by atoms with van der Waals surface area (Å²) in [5, 5.41) is 0.740. The van der Waals surface area contributed by atoms with Crippen LogP contribution in [0.2, 0.25) is 0 Å². The Morgan fingerprint density at radius 2 is 1.89 bits per heavy atom. The molecule has 0 unspecified atom stereocenters. The predicted molar refractivity (Wildman–Crippen MR) is 104 cm³/mol. The number of pyridine rings is 1. The third-order valence-electron chi connectivity index (χ3n) is 3.76. The highest BCUT2D eigenvalue weighted by Gasteiger charge is 2.14. The Kier molecular flexibility index (Phi) is 6.38. The number of aromatic nitrogens is 3. The zero-order chi connectivity index (χ0) is 19.1. The lowest BCUT2D eigenvalue weighted by Crippen LogP contribution is -1.96. The smallest absolute Gasteiger partial charge is 0.309 e. The third-order valence-corrected chi connectivity index (χ3v) is 4.59. The van der Waals surface area contributed by atoms with Crippen LogP contribution in [0.25, 0.3) is 22.5 Å². The Morgan fingerprint density at radius 1 is 1.15 bits per heavy atom. The number of nitrogens with one attached hydrogen (secondary N) is 1. The van der Waals surface area contributed by atoms with E-state index in [2.05, 4.69) is 19.7 Å². The number of methoxy groups -OCH3 is 1. The molecule has 2 heterocycles. The minimum absolute atomic E-state index is 0.248. The minimum Gasteiger partial charge on any atom is -0.469 e. The number of hydrogen-bond donors (Lipinski definition) is 1. The lowest BCUT2D eigenvalue weighted by molar-refractivity contribution is -0.139. The van der Waals surface area contributed by atoms with E-state index in [1.807, 2.05) is 18.2 Å². The maximum absolute atomic E-state index is 13.3. The molecule has 1 N–H and O–H groups in total. The van der Waals surface area contributed by atoms with Gasteiger partial charge in [0.2, 0.25) is 0 Å². The number of carbonyl (C=O) groups is 1. The average Bonchev–Trinajstić information content (AvgIpc) is 3.13. The van der Waals surface area contributed by atoms with Crippen molar-refractivity contribution >= 4 is 17.7 Å². The van der Waals surface area contributed by atoms with Crippen LogP contribution in [-0.4, -0.2) is 33.8 Å². The molecule has 0 fully saturated rings. The number of ether oxygens (including phenoxy) is 1. The van der Waals surface area contributed by atoms with Crippen LogP contribution in [0.4, 0.5) is 4.39 Å². The number of thioether (sulfide) groups is 1. The van der Waals surface area contributed by atoms with Crippen LogP contribution in [0, 0.1) is 5.82 Å². The molecule has 138 valence electrons. The van der Waals surface area contributed by atoms with E-state index < -0.39 is 0 Å². The molecule has 0 aliphatic heterocycles. The number of nitrogens with zero attached hydrogens (tertiary/aromatic N) is 2. The van der Waals surface area contributed by atoms with Crippen molar-refractivity contribution in [1.82, 2.24) is 15.0 Å². The van der Waals surface area contributed by atoms with Gasteiger partial charge >= 0.3 is 5.97 Å². The summed E-state index contributed by atoms with van der Waals surface area (Å²) in [6.45, 7) is 0. The zero-order valence-corrected chi connectivity index (χ0v) is 15.5. The first-order valence-corrected chi connectivity index (χ1v) is 9.27. The fourth-order valence-electron chi connectivity index (χ4n) is 2.42. The summed E-state index contributed by atoms with van der Waals surface area (Å²) >= 11 is 1.51. The first-order valence-electron chi connectivity index (χ1n) is 8.28. The molecule has 0 aliphatic rings. The first kappa shape index (κ1) is 18.8. The fraction of sp³-hybridized carbons (Fsp3) is 0.150. The summed E-state index contributed by atoms with van der Waals surface area (Å²) in [6.07, 6.45) is 7.35. The van der Waals surface area contributed by atoms with E-state index in [9.17, 15) is 9.18 Å². The molecule has 0 saturated carbocycles. The van der Waals surface area contributed by atoms with Crippen LogP contribution >= 0.6 is 11.8 Å². The van der Waals surface area contributed by atoms with E-state index in [0.717, 1.165) is 27.7 Å². The standard InChI is InChI=1S/C20H18FN3O2S/c1-26-17(25)4-2-3-13-27-20-23-18(14-5-7-16(21)8-6-14)19(24-20)15-9-11-22-12-10-15/h2-3,5-12H,4,13H2,1H3,(H,23,24)/b3-2+. The van der Waals surface area contributed by atoms with E-state index in [1.165, 1.54) is 31.0 Å². The first-order chi connectivity index (χ1) is 13.2. The molecule has 3 rings (SSSR count). The van der Waals surface area contributed by atoms with Crippen molar-refractivity contribution in [2.24, 2.45) is 0 Å². The molecule has 3 aromatic rings. The Morgan fingerprint density at radius 3 is 2.59 bits per heavy atom. The number of halogens is 1. The van der Waals surface area contributed by atoms with E-state index in [4.69, 9.17) is 0 Å². The number of aromatic amines is 1. The molecule has 2 aromatic heterocycles. The van der Waals surface area contributed by atoms with Crippen molar-refractivity contribution in [3.8, 4) is 22.5 Å². The summed E-state index contributed by atoms with van der Waals surface area (Å²) in [7, 11) is 1.37. The van der Waals surface area contributed by atoms with Gasteiger partial charge in [-0.3, -0.25) is 9.78 Å². The summed E-state index contributed by atoms with van der Waals surface area (Å²) in [4.78, 5) is 23.1. The van der Waals surface area contributed by atoms with Gasteiger partial charge in [0.1, 0.15) is 5.82 Å². The van der Waals surface area contributed by atoms with Crippen molar-refractivity contribution in [1.29, 1.82) is 0 Å². The van der Waals surface area contributed by atoms with Gasteiger partial charge in [0.05, 0.1) is 24.9 Å². The largest absolute Gasteiger partial charge is 0.469 e. The van der Waals surface area contributed by atoms with Crippen molar-refractivity contribution < 1.29 is 13.9 Å². The predicted octanol–water partition coefficient (Wildman–Crippen LogP) is 4.49. The van der Waals surface area contributed by atoms with Crippen LogP contribution in [0.15, 0.2) is 66.1 Å². The highest BCUT2D eigenvalue weighted by Crippen LogP contribution is 2.32. The maximum atomic E-state index is 13.3. The average molecular weight is 383 g/mol. The maximum Gasteiger partial charge on any atom is 0.309 e. The van der Waals surface area contributed by atoms with E-state index in [1.54, 1.807) is 30.6 Å². The molecular formula is C20H18FN3O2S. The number of esters is 1. The molecule has 5 nitrogen and oxygen atoms in total. The van der Waals surface area contributed by atoms with E-state index >= 15 is 0 Å². The molecular weight excluding hydrogens is 365 g/mol. The highest BCUT2D eigenvalue weighted by atomic mass is 32.2. The van der Waals surface area contributed by atoms with Crippen LogP contribution in [0.3, 0.4) is 0 Å². The summed E-state index contributed by atoms with van der Waals surface area (Å²) < 4.78 is 17.9. The van der Waals surface area contributed by atoms with Crippen LogP contribution in [0.5, 0.6) is 0 Å². The highest BCUT2D eigenvalue weighted by molar-refractivity contribution is 7.99. The number of carbonyl (C=O) groups excluding carboxylic acids is 1. The number of hydrogen-bond acceptors (Lipinski definition) is 5. The molecule has 0 bridgehead atoms. The second-order valence-corrected chi connectivity index (χ2v) is 6.58. The molecule has 0 amide bonds. The van der Waals surface area contributed by atoms with Crippen molar-refractivity contribution in [3.63, 3.8) is 0 Å². The molecule has 0 saturated heterocycles. The lowest BCUT2D eigenvalue weighted by atomic mass is 10.1. The molecule has 7 heteroatoms. The Hall–Kier alpha value is -2.93. The Labute approximate surface area is 160 Å². The quantitative estimate of drug-likeness (QED) is 0.370. The summed E-state index contributed by atoms with van der Waals surface area (Å²) in [5.74, 6) is 0.0984. The Bertz CT molecular complexity index is 924. The topological polar surface area (TPSA) is 67.9 Å². The van der Waals surface area contributed by atoms with Crippen LogP contribution in [0.1, 0.15) is 6.42 Å². The van der Waals surface area contributed by atoms with Crippen molar-refractivity contribution in [2.45, 2.75) is 11.6 Å². The van der Waals surface area contributed by atoms with Crippen molar-refractivity contribution in [2.75, 3.05) is 12.9 Å². The van der Waals surface area contributed by atoms with Gasteiger partial charge in [0.15, 0.2) is 5.16 Å². The number of rotatable bonds is 7. The monoisotopic (exact) mass is 383 g/mol. The van der Waals surface area contributed by atoms with Gasteiger partial charge in [-0.15, -0.1) is 0 Å². The van der Waals surface area contributed by atoms with Crippen molar-refractivity contribution in [3.05, 3.63) is 66.8 Å². The van der Waals surface area contributed by atoms with Crippen LogP contribution < -0.4 is 0 Å². The third kappa shape index (κ3) is 5.04. The van der Waals surface area contributed by atoms with Gasteiger partial charge in [-0.2, -0.15) is 0 Å². The number of benzene rings is 1. The minimum atomic E-state index is -0.287.